The van der Waals surface area contributed by atoms with Gasteiger partial charge in [0.05, 0.1) is 4.90 Å². The fraction of sp³-hybridized carbons (Fsp3) is 0.333. The summed E-state index contributed by atoms with van der Waals surface area (Å²) < 4.78 is 32.1. The number of ether oxygens (including phenoxy) is 1. The van der Waals surface area contributed by atoms with Gasteiger partial charge >= 0.3 is 5.97 Å². The summed E-state index contributed by atoms with van der Waals surface area (Å²) in [5, 5.41) is 3.24. The first kappa shape index (κ1) is 22.3. The van der Waals surface area contributed by atoms with E-state index in [-0.39, 0.29) is 18.0 Å². The molecule has 2 aromatic rings. The molecule has 1 atom stereocenters. The first-order chi connectivity index (χ1) is 14.3. The maximum Gasteiger partial charge on any atom is 0.324 e. The van der Waals surface area contributed by atoms with Gasteiger partial charge in [0.1, 0.15) is 6.04 Å². The summed E-state index contributed by atoms with van der Waals surface area (Å²) in [4.78, 5) is 24.6. The highest BCUT2D eigenvalue weighted by molar-refractivity contribution is 7.89. The van der Waals surface area contributed by atoms with E-state index >= 15 is 0 Å². The average Bonchev–Trinajstić information content (AvgIpc) is 3.23. The van der Waals surface area contributed by atoms with E-state index in [1.807, 2.05) is 6.92 Å². The Morgan fingerprint density at radius 2 is 1.80 bits per heavy atom. The van der Waals surface area contributed by atoms with Crippen molar-refractivity contribution in [1.29, 1.82) is 0 Å². The number of carbonyl (C=O) groups is 2. The second kappa shape index (κ2) is 9.59. The number of halogens is 1. The maximum absolute atomic E-state index is 12.9. The quantitative estimate of drug-likeness (QED) is 0.654. The van der Waals surface area contributed by atoms with Crippen LogP contribution < -0.4 is 5.32 Å². The number of hydrogen-bond acceptors (Lipinski definition) is 5. The first-order valence-corrected chi connectivity index (χ1v) is 11.4. The van der Waals surface area contributed by atoms with Crippen LogP contribution in [-0.4, -0.2) is 43.8 Å². The topological polar surface area (TPSA) is 92.8 Å². The maximum atomic E-state index is 12.9. The van der Waals surface area contributed by atoms with E-state index in [4.69, 9.17) is 16.3 Å². The Labute approximate surface area is 181 Å². The van der Waals surface area contributed by atoms with E-state index in [2.05, 4.69) is 5.32 Å². The molecule has 1 saturated heterocycles. The third-order valence-corrected chi connectivity index (χ3v) is 7.03. The number of amides is 1. The molecule has 160 valence electrons. The lowest BCUT2D eigenvalue weighted by Gasteiger charge is -2.22. The van der Waals surface area contributed by atoms with Crippen LogP contribution in [-0.2, 0) is 30.9 Å². The predicted octanol–water partition coefficient (Wildman–Crippen LogP) is 2.66. The van der Waals surface area contributed by atoms with Gasteiger partial charge in [0.25, 0.3) is 5.91 Å². The van der Waals surface area contributed by atoms with Crippen molar-refractivity contribution in [3.8, 4) is 0 Å². The van der Waals surface area contributed by atoms with Crippen LogP contribution in [0.5, 0.6) is 0 Å². The van der Waals surface area contributed by atoms with Crippen LogP contribution in [0.2, 0.25) is 5.02 Å². The van der Waals surface area contributed by atoms with Gasteiger partial charge in [0.15, 0.2) is 6.61 Å². The first-order valence-electron chi connectivity index (χ1n) is 9.53. The highest BCUT2D eigenvalue weighted by Crippen LogP contribution is 2.27. The Morgan fingerprint density at radius 3 is 2.47 bits per heavy atom. The number of aryl methyl sites for hydroxylation is 1. The normalized spacial score (nSPS) is 16.9. The molecule has 0 bridgehead atoms. The number of rotatable bonds is 7. The van der Waals surface area contributed by atoms with E-state index < -0.39 is 34.5 Å². The number of carbonyl (C=O) groups excluding carboxylic acids is 2. The van der Waals surface area contributed by atoms with Crippen molar-refractivity contribution in [2.75, 3.05) is 13.2 Å². The Kier molecular flexibility index (Phi) is 7.12. The summed E-state index contributed by atoms with van der Waals surface area (Å²) in [6.07, 6.45) is 0.907. The smallest absolute Gasteiger partial charge is 0.324 e. The molecule has 1 N–H and O–H groups in total. The van der Waals surface area contributed by atoms with Crippen LogP contribution in [0.4, 0.5) is 0 Å². The highest BCUT2D eigenvalue weighted by Gasteiger charge is 2.40. The van der Waals surface area contributed by atoms with Gasteiger partial charge in [-0.15, -0.1) is 0 Å². The number of hydrogen-bond donors (Lipinski definition) is 1. The second-order valence-corrected chi connectivity index (χ2v) is 9.42. The van der Waals surface area contributed by atoms with Crippen LogP contribution in [0.15, 0.2) is 53.4 Å². The van der Waals surface area contributed by atoms with Gasteiger partial charge in [0, 0.05) is 18.1 Å². The zero-order valence-corrected chi connectivity index (χ0v) is 18.1. The van der Waals surface area contributed by atoms with Crippen LogP contribution in [0.25, 0.3) is 0 Å². The summed E-state index contributed by atoms with van der Waals surface area (Å²) in [5.41, 5.74) is 1.79. The van der Waals surface area contributed by atoms with Crippen molar-refractivity contribution >= 4 is 33.5 Å². The Morgan fingerprint density at radius 1 is 1.13 bits per heavy atom. The number of nitrogens with zero attached hydrogens (tertiary/aromatic N) is 1. The zero-order chi connectivity index (χ0) is 21.7. The molecule has 0 saturated carbocycles. The number of benzene rings is 2. The molecule has 0 spiro atoms. The zero-order valence-electron chi connectivity index (χ0n) is 16.5. The molecule has 3 rings (SSSR count). The van der Waals surface area contributed by atoms with Crippen molar-refractivity contribution in [3.05, 3.63) is 64.7 Å². The molecule has 1 aliphatic heterocycles. The predicted molar refractivity (Wildman–Crippen MR) is 112 cm³/mol. The molecule has 2 aromatic carbocycles. The van der Waals surface area contributed by atoms with Crippen molar-refractivity contribution in [1.82, 2.24) is 9.62 Å². The van der Waals surface area contributed by atoms with E-state index in [1.54, 1.807) is 36.4 Å². The summed E-state index contributed by atoms with van der Waals surface area (Å²) in [5.74, 6) is -1.19. The van der Waals surface area contributed by atoms with Crippen LogP contribution in [0, 0.1) is 6.92 Å². The Balaban J connectivity index is 1.55. The van der Waals surface area contributed by atoms with Gasteiger partial charge in [-0.1, -0.05) is 41.4 Å². The molecule has 9 heteroatoms. The van der Waals surface area contributed by atoms with E-state index in [9.17, 15) is 18.0 Å². The SMILES string of the molecule is Cc1ccc(S(=O)(=O)N2CCC[C@H]2C(=O)OCC(=O)NCc2ccc(Cl)cc2)cc1. The number of sulfonamides is 1. The van der Waals surface area contributed by atoms with Gasteiger partial charge in [-0.25, -0.2) is 8.42 Å². The van der Waals surface area contributed by atoms with Gasteiger partial charge in [0.2, 0.25) is 10.0 Å². The molecule has 1 aliphatic rings. The molecule has 0 aliphatic carbocycles. The van der Waals surface area contributed by atoms with Gasteiger partial charge in [-0.05, 0) is 49.6 Å². The lowest BCUT2D eigenvalue weighted by molar-refractivity contribution is -0.151. The third kappa shape index (κ3) is 5.38. The lowest BCUT2D eigenvalue weighted by Crippen LogP contribution is -2.42. The second-order valence-electron chi connectivity index (χ2n) is 7.10. The molecule has 1 amide bonds. The molecule has 0 radical (unpaired) electrons. The van der Waals surface area contributed by atoms with Gasteiger partial charge in [-0.3, -0.25) is 9.59 Å². The molecular formula is C21H23ClN2O5S. The van der Waals surface area contributed by atoms with E-state index in [0.717, 1.165) is 15.4 Å². The molecule has 0 aromatic heterocycles. The number of esters is 1. The van der Waals surface area contributed by atoms with Crippen molar-refractivity contribution in [2.45, 2.75) is 37.2 Å². The molecule has 0 unspecified atom stereocenters. The molecule has 30 heavy (non-hydrogen) atoms. The summed E-state index contributed by atoms with van der Waals surface area (Å²) in [6.45, 7) is 1.90. The molecule has 1 fully saturated rings. The van der Waals surface area contributed by atoms with Gasteiger partial charge < -0.3 is 10.1 Å². The molecule has 1 heterocycles. The Bertz CT molecular complexity index is 1010. The fourth-order valence-electron chi connectivity index (χ4n) is 3.20. The minimum atomic E-state index is -3.82. The third-order valence-electron chi connectivity index (χ3n) is 4.85. The summed E-state index contributed by atoms with van der Waals surface area (Å²) >= 11 is 5.82. The van der Waals surface area contributed by atoms with Crippen molar-refractivity contribution in [3.63, 3.8) is 0 Å². The van der Waals surface area contributed by atoms with Crippen LogP contribution in [0.3, 0.4) is 0 Å². The fourth-order valence-corrected chi connectivity index (χ4v) is 4.97. The van der Waals surface area contributed by atoms with Crippen LogP contribution >= 0.6 is 11.6 Å². The lowest BCUT2D eigenvalue weighted by atomic mass is 10.2. The monoisotopic (exact) mass is 450 g/mol. The number of nitrogens with one attached hydrogen (secondary N) is 1. The van der Waals surface area contributed by atoms with Crippen molar-refractivity contribution in [2.24, 2.45) is 0 Å². The van der Waals surface area contributed by atoms with Crippen LogP contribution in [0.1, 0.15) is 24.0 Å². The van der Waals surface area contributed by atoms with Gasteiger partial charge in [-0.2, -0.15) is 4.31 Å². The average molecular weight is 451 g/mol. The highest BCUT2D eigenvalue weighted by atomic mass is 35.5. The Hall–Kier alpha value is -2.42. The van der Waals surface area contributed by atoms with E-state index in [1.165, 1.54) is 12.1 Å². The molecular weight excluding hydrogens is 428 g/mol. The minimum absolute atomic E-state index is 0.133. The minimum Gasteiger partial charge on any atom is -0.454 e. The summed E-state index contributed by atoms with van der Waals surface area (Å²) in [7, 11) is -3.82. The van der Waals surface area contributed by atoms with Crippen molar-refractivity contribution < 1.29 is 22.7 Å². The largest absolute Gasteiger partial charge is 0.454 e. The summed E-state index contributed by atoms with van der Waals surface area (Å²) in [6, 6.07) is 12.5. The van der Waals surface area contributed by atoms with E-state index in [0.29, 0.717) is 17.9 Å². The molecule has 7 nitrogen and oxygen atoms in total. The standard InChI is InChI=1S/C21H23ClN2O5S/c1-15-4-10-18(11-5-15)30(27,28)24-12-2-3-19(24)21(26)29-14-20(25)23-13-16-6-8-17(22)9-7-16/h4-11,19H,2-3,12-14H2,1H3,(H,23,25)/t19-/m0/s1.